The molecule has 0 aliphatic rings. The third kappa shape index (κ3) is 5.49. The molecule has 0 saturated carbocycles. The fourth-order valence-corrected chi connectivity index (χ4v) is 3.77. The first-order valence-electron chi connectivity index (χ1n) is 6.52. The van der Waals surface area contributed by atoms with Gasteiger partial charge in [-0.25, -0.2) is 13.1 Å². The van der Waals surface area contributed by atoms with Gasteiger partial charge in [0.05, 0.1) is 5.60 Å². The van der Waals surface area contributed by atoms with Crippen molar-refractivity contribution in [1.29, 1.82) is 0 Å². The highest BCUT2D eigenvalue weighted by molar-refractivity contribution is 7.91. The normalized spacial score (nSPS) is 13.1. The molecule has 7 heteroatoms. The molecule has 2 N–H and O–H groups in total. The van der Waals surface area contributed by atoms with Crippen molar-refractivity contribution in [3.05, 3.63) is 17.0 Å². The van der Waals surface area contributed by atoms with Crippen molar-refractivity contribution >= 4 is 21.4 Å². The second-order valence-electron chi connectivity index (χ2n) is 5.60. The van der Waals surface area contributed by atoms with Crippen molar-refractivity contribution in [2.24, 2.45) is 0 Å². The first-order chi connectivity index (χ1) is 9.16. The molecule has 0 aromatic carbocycles. The number of methoxy groups -OCH3 is 1. The first kappa shape index (κ1) is 17.6. The molecule has 1 aromatic heterocycles. The average Bonchev–Trinajstić information content (AvgIpc) is 2.84. The van der Waals surface area contributed by atoms with Crippen molar-refractivity contribution < 1.29 is 13.2 Å². The zero-order valence-electron chi connectivity index (χ0n) is 12.7. The van der Waals surface area contributed by atoms with Gasteiger partial charge >= 0.3 is 0 Å². The van der Waals surface area contributed by atoms with E-state index < -0.39 is 15.6 Å². The van der Waals surface area contributed by atoms with E-state index in [4.69, 9.17) is 4.74 Å². The van der Waals surface area contributed by atoms with Gasteiger partial charge in [-0.1, -0.05) is 13.8 Å². The van der Waals surface area contributed by atoms with Crippen molar-refractivity contribution in [3.63, 3.8) is 0 Å². The lowest BCUT2D eigenvalue weighted by Crippen LogP contribution is -2.39. The Hall–Kier alpha value is -0.470. The summed E-state index contributed by atoms with van der Waals surface area (Å²) in [6.07, 6.45) is 0. The van der Waals surface area contributed by atoms with Gasteiger partial charge in [0, 0.05) is 26.2 Å². The van der Waals surface area contributed by atoms with E-state index in [9.17, 15) is 8.42 Å². The quantitative estimate of drug-likeness (QED) is 0.768. The van der Waals surface area contributed by atoms with Crippen LogP contribution < -0.4 is 10.0 Å². The third-order valence-corrected chi connectivity index (χ3v) is 5.74. The largest absolute Gasteiger partial charge is 0.377 e. The van der Waals surface area contributed by atoms with Gasteiger partial charge < -0.3 is 10.1 Å². The molecular weight excluding hydrogens is 296 g/mol. The number of hydrogen-bond acceptors (Lipinski definition) is 5. The third-order valence-electron chi connectivity index (χ3n) is 2.85. The van der Waals surface area contributed by atoms with Gasteiger partial charge in [0.25, 0.3) is 0 Å². The van der Waals surface area contributed by atoms with Crippen LogP contribution in [0.2, 0.25) is 0 Å². The Bertz CT molecular complexity index is 521. The maximum Gasteiger partial charge on any atom is 0.250 e. The SMILES string of the molecule is COC(C)(C)CNS(=O)(=O)c1cc(CNC(C)C)cs1. The Kier molecular flexibility index (Phi) is 6.15. The molecule has 0 saturated heterocycles. The molecule has 0 bridgehead atoms. The zero-order valence-corrected chi connectivity index (χ0v) is 14.3. The fourth-order valence-electron chi connectivity index (χ4n) is 1.32. The van der Waals surface area contributed by atoms with Crippen LogP contribution in [0.5, 0.6) is 0 Å². The smallest absolute Gasteiger partial charge is 0.250 e. The number of nitrogens with one attached hydrogen (secondary N) is 2. The van der Waals surface area contributed by atoms with Crippen LogP contribution in [0.25, 0.3) is 0 Å². The molecule has 0 unspecified atom stereocenters. The van der Waals surface area contributed by atoms with Crippen LogP contribution in [0.3, 0.4) is 0 Å². The van der Waals surface area contributed by atoms with E-state index in [1.807, 2.05) is 19.2 Å². The number of sulfonamides is 1. The summed E-state index contributed by atoms with van der Waals surface area (Å²) in [6, 6.07) is 2.08. The number of rotatable bonds is 8. The van der Waals surface area contributed by atoms with Gasteiger partial charge in [0.1, 0.15) is 4.21 Å². The van der Waals surface area contributed by atoms with Gasteiger partial charge in [-0.2, -0.15) is 0 Å². The lowest BCUT2D eigenvalue weighted by Gasteiger charge is -2.22. The minimum absolute atomic E-state index is 0.239. The molecule has 0 aliphatic heterocycles. The Balaban J connectivity index is 2.69. The molecule has 20 heavy (non-hydrogen) atoms. The van der Waals surface area contributed by atoms with E-state index in [0.29, 0.717) is 16.8 Å². The lowest BCUT2D eigenvalue weighted by molar-refractivity contribution is 0.0276. The zero-order chi connectivity index (χ0) is 15.4. The van der Waals surface area contributed by atoms with Crippen LogP contribution in [0, 0.1) is 0 Å². The monoisotopic (exact) mass is 320 g/mol. The van der Waals surface area contributed by atoms with Gasteiger partial charge in [0.2, 0.25) is 10.0 Å². The lowest BCUT2D eigenvalue weighted by atomic mass is 10.1. The standard InChI is InChI=1S/C13H24N2O3S2/c1-10(2)14-7-11-6-12(19-8-11)20(16,17)15-9-13(3,4)18-5/h6,8,10,14-15H,7,9H2,1-5H3. The highest BCUT2D eigenvalue weighted by atomic mass is 32.2. The summed E-state index contributed by atoms with van der Waals surface area (Å²) < 4.78 is 32.5. The van der Waals surface area contributed by atoms with Crippen molar-refractivity contribution in [2.45, 2.75) is 50.1 Å². The summed E-state index contributed by atoms with van der Waals surface area (Å²) in [7, 11) is -1.90. The highest BCUT2D eigenvalue weighted by Gasteiger charge is 2.22. The molecule has 116 valence electrons. The number of hydrogen-bond donors (Lipinski definition) is 2. The number of thiophene rings is 1. The summed E-state index contributed by atoms with van der Waals surface area (Å²) in [4.78, 5) is 0. The van der Waals surface area contributed by atoms with Gasteiger partial charge in [0.15, 0.2) is 0 Å². The molecule has 0 fully saturated rings. The summed E-state index contributed by atoms with van der Waals surface area (Å²) in [5.74, 6) is 0. The van der Waals surface area contributed by atoms with Crippen molar-refractivity contribution in [1.82, 2.24) is 10.0 Å². The molecule has 1 heterocycles. The van der Waals surface area contributed by atoms with E-state index in [1.54, 1.807) is 13.2 Å². The van der Waals surface area contributed by atoms with E-state index in [0.717, 1.165) is 5.56 Å². The predicted molar refractivity (Wildman–Crippen MR) is 82.6 cm³/mol. The second kappa shape index (κ2) is 7.00. The Morgan fingerprint density at radius 3 is 2.60 bits per heavy atom. The molecule has 1 rings (SSSR count). The van der Waals surface area contributed by atoms with Crippen LogP contribution in [0.4, 0.5) is 0 Å². The van der Waals surface area contributed by atoms with Crippen molar-refractivity contribution in [3.8, 4) is 0 Å². The maximum absolute atomic E-state index is 12.2. The summed E-state index contributed by atoms with van der Waals surface area (Å²) in [5, 5.41) is 5.13. The van der Waals surface area contributed by atoms with Gasteiger partial charge in [-0.15, -0.1) is 11.3 Å². The molecule has 5 nitrogen and oxygen atoms in total. The van der Waals surface area contributed by atoms with E-state index in [1.165, 1.54) is 11.3 Å². The Morgan fingerprint density at radius 2 is 2.05 bits per heavy atom. The van der Waals surface area contributed by atoms with Crippen LogP contribution >= 0.6 is 11.3 Å². The van der Waals surface area contributed by atoms with Gasteiger partial charge in [-0.3, -0.25) is 0 Å². The van der Waals surface area contributed by atoms with Crippen LogP contribution in [-0.4, -0.2) is 33.7 Å². The van der Waals surface area contributed by atoms with E-state index >= 15 is 0 Å². The summed E-state index contributed by atoms with van der Waals surface area (Å²) >= 11 is 1.24. The van der Waals surface area contributed by atoms with Crippen molar-refractivity contribution in [2.75, 3.05) is 13.7 Å². The van der Waals surface area contributed by atoms with E-state index in [-0.39, 0.29) is 6.54 Å². The van der Waals surface area contributed by atoms with Gasteiger partial charge in [-0.05, 0) is 30.9 Å². The van der Waals surface area contributed by atoms with Crippen LogP contribution in [-0.2, 0) is 21.3 Å². The Labute approximate surface area is 125 Å². The number of ether oxygens (including phenoxy) is 1. The molecule has 1 aromatic rings. The maximum atomic E-state index is 12.2. The minimum Gasteiger partial charge on any atom is -0.377 e. The molecule has 0 amide bonds. The van der Waals surface area contributed by atoms with E-state index in [2.05, 4.69) is 23.9 Å². The van der Waals surface area contributed by atoms with Crippen LogP contribution in [0.1, 0.15) is 33.3 Å². The van der Waals surface area contributed by atoms with Crippen LogP contribution in [0.15, 0.2) is 15.7 Å². The summed E-state index contributed by atoms with van der Waals surface area (Å²) in [5.41, 5.74) is 0.460. The summed E-state index contributed by atoms with van der Waals surface area (Å²) in [6.45, 7) is 8.69. The predicted octanol–water partition coefficient (Wildman–Crippen LogP) is 1.95. The molecular formula is C13H24N2O3S2. The molecule has 0 radical (unpaired) electrons. The molecule has 0 atom stereocenters. The molecule has 0 spiro atoms. The first-order valence-corrected chi connectivity index (χ1v) is 8.88. The average molecular weight is 320 g/mol. The second-order valence-corrected chi connectivity index (χ2v) is 8.50. The Morgan fingerprint density at radius 1 is 1.40 bits per heavy atom. The minimum atomic E-state index is -3.46. The highest BCUT2D eigenvalue weighted by Crippen LogP contribution is 2.20. The fraction of sp³-hybridized carbons (Fsp3) is 0.692. The topological polar surface area (TPSA) is 67.4 Å². The molecule has 0 aliphatic carbocycles.